The second kappa shape index (κ2) is 6.38. The summed E-state index contributed by atoms with van der Waals surface area (Å²) in [5.41, 5.74) is 6.49. The third-order valence-corrected chi connectivity index (χ3v) is 5.81. The summed E-state index contributed by atoms with van der Waals surface area (Å²) in [4.78, 5) is 2.63. The van der Waals surface area contributed by atoms with Gasteiger partial charge in [0.25, 0.3) is 0 Å². The zero-order chi connectivity index (χ0) is 13.0. The van der Waals surface area contributed by atoms with Crippen LogP contribution in [0.25, 0.3) is 0 Å². The average molecular weight is 252 g/mol. The standard InChI is InChI=1S/C16H32N2/c1-3-14-8-10-16(13-17,11-9-14)18(2)12-15-6-4-5-7-15/h14-15H,3-13,17H2,1-2H3. The van der Waals surface area contributed by atoms with Crippen LogP contribution in [0, 0.1) is 11.8 Å². The largest absolute Gasteiger partial charge is 0.329 e. The van der Waals surface area contributed by atoms with E-state index in [1.54, 1.807) is 0 Å². The predicted octanol–water partition coefficient (Wildman–Crippen LogP) is 3.41. The van der Waals surface area contributed by atoms with Gasteiger partial charge >= 0.3 is 0 Å². The first kappa shape index (κ1) is 14.3. The van der Waals surface area contributed by atoms with Gasteiger partial charge in [0.2, 0.25) is 0 Å². The Kier molecular flexibility index (Phi) is 5.08. The third-order valence-electron chi connectivity index (χ3n) is 5.81. The summed E-state index contributed by atoms with van der Waals surface area (Å²) < 4.78 is 0. The van der Waals surface area contributed by atoms with E-state index in [-0.39, 0.29) is 0 Å². The van der Waals surface area contributed by atoms with Gasteiger partial charge < -0.3 is 5.73 Å². The van der Waals surface area contributed by atoms with Crippen LogP contribution in [0.2, 0.25) is 0 Å². The molecule has 0 atom stereocenters. The highest BCUT2D eigenvalue weighted by molar-refractivity contribution is 4.95. The molecule has 0 amide bonds. The highest BCUT2D eigenvalue weighted by Crippen LogP contribution is 2.38. The number of likely N-dealkylation sites (N-methyl/N-ethyl adjacent to an activating group) is 1. The smallest absolute Gasteiger partial charge is 0.0329 e. The molecule has 2 N–H and O–H groups in total. The molecule has 2 fully saturated rings. The first-order valence-corrected chi connectivity index (χ1v) is 8.11. The van der Waals surface area contributed by atoms with Crippen LogP contribution >= 0.6 is 0 Å². The molecule has 0 saturated heterocycles. The van der Waals surface area contributed by atoms with Crippen molar-refractivity contribution >= 4 is 0 Å². The minimum atomic E-state index is 0.328. The summed E-state index contributed by atoms with van der Waals surface area (Å²) in [6, 6.07) is 0. The average Bonchev–Trinajstić information content (AvgIpc) is 2.91. The Morgan fingerprint density at radius 2 is 1.67 bits per heavy atom. The quantitative estimate of drug-likeness (QED) is 0.812. The number of rotatable bonds is 5. The highest BCUT2D eigenvalue weighted by Gasteiger charge is 2.37. The van der Waals surface area contributed by atoms with Gasteiger partial charge in [-0.2, -0.15) is 0 Å². The van der Waals surface area contributed by atoms with Crippen molar-refractivity contribution in [2.75, 3.05) is 20.1 Å². The van der Waals surface area contributed by atoms with Gasteiger partial charge in [0.15, 0.2) is 0 Å². The van der Waals surface area contributed by atoms with Crippen LogP contribution < -0.4 is 5.73 Å². The van der Waals surface area contributed by atoms with E-state index >= 15 is 0 Å². The monoisotopic (exact) mass is 252 g/mol. The molecule has 2 heteroatoms. The van der Waals surface area contributed by atoms with Crippen molar-refractivity contribution in [3.8, 4) is 0 Å². The number of hydrogen-bond donors (Lipinski definition) is 1. The highest BCUT2D eigenvalue weighted by atomic mass is 15.2. The molecular weight excluding hydrogens is 220 g/mol. The Hall–Kier alpha value is -0.0800. The van der Waals surface area contributed by atoms with E-state index in [4.69, 9.17) is 5.73 Å². The van der Waals surface area contributed by atoms with Gasteiger partial charge in [-0.3, -0.25) is 4.90 Å². The van der Waals surface area contributed by atoms with Gasteiger partial charge in [-0.15, -0.1) is 0 Å². The molecule has 18 heavy (non-hydrogen) atoms. The molecule has 2 aliphatic rings. The lowest BCUT2D eigenvalue weighted by molar-refractivity contribution is 0.0519. The van der Waals surface area contributed by atoms with Crippen LogP contribution in [-0.4, -0.2) is 30.6 Å². The van der Waals surface area contributed by atoms with E-state index in [1.165, 1.54) is 64.3 Å². The Morgan fingerprint density at radius 1 is 1.06 bits per heavy atom. The fourth-order valence-electron chi connectivity index (χ4n) is 4.14. The fraction of sp³-hybridized carbons (Fsp3) is 1.00. The Morgan fingerprint density at radius 3 is 2.17 bits per heavy atom. The van der Waals surface area contributed by atoms with Gasteiger partial charge in [-0.1, -0.05) is 26.2 Å². The fourth-order valence-corrected chi connectivity index (χ4v) is 4.14. The topological polar surface area (TPSA) is 29.3 Å². The first-order chi connectivity index (χ1) is 8.70. The van der Waals surface area contributed by atoms with Gasteiger partial charge in [-0.25, -0.2) is 0 Å². The minimum Gasteiger partial charge on any atom is -0.329 e. The van der Waals surface area contributed by atoms with Crippen LogP contribution in [0.4, 0.5) is 0 Å². The van der Waals surface area contributed by atoms with Crippen molar-refractivity contribution in [2.45, 2.75) is 70.3 Å². The Balaban J connectivity index is 1.90. The second-order valence-corrected chi connectivity index (χ2v) is 6.81. The number of nitrogens with two attached hydrogens (primary N) is 1. The van der Waals surface area contributed by atoms with Crippen LogP contribution in [0.15, 0.2) is 0 Å². The van der Waals surface area contributed by atoms with Gasteiger partial charge in [0.05, 0.1) is 0 Å². The van der Waals surface area contributed by atoms with E-state index in [9.17, 15) is 0 Å². The van der Waals surface area contributed by atoms with Crippen molar-refractivity contribution in [2.24, 2.45) is 17.6 Å². The summed E-state index contributed by atoms with van der Waals surface area (Å²) in [7, 11) is 2.33. The maximum atomic E-state index is 6.16. The molecule has 2 rings (SSSR count). The second-order valence-electron chi connectivity index (χ2n) is 6.81. The van der Waals surface area contributed by atoms with E-state index in [0.29, 0.717) is 5.54 Å². The van der Waals surface area contributed by atoms with Crippen LogP contribution in [0.1, 0.15) is 64.7 Å². The maximum Gasteiger partial charge on any atom is 0.0329 e. The molecule has 0 aromatic carbocycles. The molecule has 0 aromatic heterocycles. The van der Waals surface area contributed by atoms with Crippen molar-refractivity contribution in [1.29, 1.82) is 0 Å². The van der Waals surface area contributed by atoms with Crippen LogP contribution in [0.3, 0.4) is 0 Å². The zero-order valence-electron chi connectivity index (χ0n) is 12.5. The Labute approximate surface area is 113 Å². The summed E-state index contributed by atoms with van der Waals surface area (Å²) in [6.07, 6.45) is 12.6. The van der Waals surface area contributed by atoms with Gasteiger partial charge in [0.1, 0.15) is 0 Å². The lowest BCUT2D eigenvalue weighted by Gasteiger charge is -2.47. The van der Waals surface area contributed by atoms with Crippen molar-refractivity contribution in [1.82, 2.24) is 4.90 Å². The van der Waals surface area contributed by atoms with Crippen molar-refractivity contribution < 1.29 is 0 Å². The minimum absolute atomic E-state index is 0.328. The molecule has 0 bridgehead atoms. The van der Waals surface area contributed by atoms with E-state index in [0.717, 1.165) is 18.4 Å². The van der Waals surface area contributed by atoms with Crippen LogP contribution in [0.5, 0.6) is 0 Å². The van der Waals surface area contributed by atoms with Gasteiger partial charge in [-0.05, 0) is 57.4 Å². The molecule has 2 aliphatic carbocycles. The summed E-state index contributed by atoms with van der Waals surface area (Å²) >= 11 is 0. The van der Waals surface area contributed by atoms with E-state index < -0.39 is 0 Å². The molecule has 2 nitrogen and oxygen atoms in total. The summed E-state index contributed by atoms with van der Waals surface area (Å²) in [5.74, 6) is 1.91. The number of nitrogens with zero attached hydrogens (tertiary/aromatic N) is 1. The maximum absolute atomic E-state index is 6.16. The molecule has 106 valence electrons. The normalized spacial score (nSPS) is 34.3. The SMILES string of the molecule is CCC1CCC(CN)(N(C)CC2CCCC2)CC1. The lowest BCUT2D eigenvalue weighted by Crippen LogP contribution is -2.55. The van der Waals surface area contributed by atoms with E-state index in [1.807, 2.05) is 0 Å². The molecule has 0 heterocycles. The summed E-state index contributed by atoms with van der Waals surface area (Å²) in [6.45, 7) is 4.48. The lowest BCUT2D eigenvalue weighted by atomic mass is 9.74. The predicted molar refractivity (Wildman–Crippen MR) is 78.6 cm³/mol. The van der Waals surface area contributed by atoms with Gasteiger partial charge in [0, 0.05) is 18.6 Å². The van der Waals surface area contributed by atoms with Crippen molar-refractivity contribution in [3.63, 3.8) is 0 Å². The summed E-state index contributed by atoms with van der Waals surface area (Å²) in [5, 5.41) is 0. The molecule has 0 unspecified atom stereocenters. The van der Waals surface area contributed by atoms with Crippen molar-refractivity contribution in [3.05, 3.63) is 0 Å². The molecule has 2 saturated carbocycles. The third kappa shape index (κ3) is 3.08. The van der Waals surface area contributed by atoms with E-state index in [2.05, 4.69) is 18.9 Å². The first-order valence-electron chi connectivity index (χ1n) is 8.11. The molecular formula is C16H32N2. The molecule has 0 spiro atoms. The van der Waals surface area contributed by atoms with Crippen LogP contribution in [-0.2, 0) is 0 Å². The number of hydrogen-bond acceptors (Lipinski definition) is 2. The molecule has 0 aliphatic heterocycles. The Bertz CT molecular complexity index is 237. The molecule has 0 radical (unpaired) electrons. The molecule has 0 aromatic rings. The zero-order valence-corrected chi connectivity index (χ0v) is 12.5.